The van der Waals surface area contributed by atoms with Crippen molar-refractivity contribution in [2.24, 2.45) is 5.92 Å². The number of aromatic amines is 1. The number of H-pyrrole nitrogens is 1. The SMILES string of the molecule is CC(C)CCCC(C)NC(=O)COC(=O)c1c[nH]c2ccccc12. The Labute approximate surface area is 142 Å². The number of nitrogens with one attached hydrogen (secondary N) is 2. The maximum absolute atomic E-state index is 12.1. The summed E-state index contributed by atoms with van der Waals surface area (Å²) in [6, 6.07) is 7.57. The molecule has 0 radical (unpaired) electrons. The summed E-state index contributed by atoms with van der Waals surface area (Å²) in [4.78, 5) is 27.0. The van der Waals surface area contributed by atoms with Crippen molar-refractivity contribution in [3.05, 3.63) is 36.0 Å². The number of amides is 1. The van der Waals surface area contributed by atoms with Crippen LogP contribution in [0.3, 0.4) is 0 Å². The van der Waals surface area contributed by atoms with Crippen LogP contribution in [0.2, 0.25) is 0 Å². The lowest BCUT2D eigenvalue weighted by atomic mass is 10.0. The summed E-state index contributed by atoms with van der Waals surface area (Å²) in [6.45, 7) is 6.09. The standard InChI is InChI=1S/C19H26N2O3/c1-13(2)7-6-8-14(3)21-18(22)12-24-19(23)16-11-20-17-10-5-4-9-15(16)17/h4-5,9-11,13-14,20H,6-8,12H2,1-3H3,(H,21,22). The van der Waals surface area contributed by atoms with Gasteiger partial charge in [-0.05, 0) is 25.3 Å². The molecule has 130 valence electrons. The molecule has 1 unspecified atom stereocenters. The molecule has 0 aliphatic carbocycles. The van der Waals surface area contributed by atoms with Gasteiger partial charge in [-0.1, -0.05) is 44.9 Å². The highest BCUT2D eigenvalue weighted by atomic mass is 16.5. The molecule has 1 aromatic heterocycles. The van der Waals surface area contributed by atoms with Crippen LogP contribution in [0.4, 0.5) is 0 Å². The van der Waals surface area contributed by atoms with E-state index >= 15 is 0 Å². The Morgan fingerprint density at radius 3 is 2.67 bits per heavy atom. The highest BCUT2D eigenvalue weighted by molar-refractivity contribution is 6.04. The summed E-state index contributed by atoms with van der Waals surface area (Å²) >= 11 is 0. The average Bonchev–Trinajstić information content (AvgIpc) is 2.96. The van der Waals surface area contributed by atoms with Crippen LogP contribution in [-0.2, 0) is 9.53 Å². The van der Waals surface area contributed by atoms with Gasteiger partial charge in [-0.25, -0.2) is 4.79 Å². The van der Waals surface area contributed by atoms with Crippen LogP contribution in [0.15, 0.2) is 30.5 Å². The average molecular weight is 330 g/mol. The fraction of sp³-hybridized carbons (Fsp3) is 0.474. The predicted octanol–water partition coefficient (Wildman–Crippen LogP) is 3.66. The van der Waals surface area contributed by atoms with Gasteiger partial charge in [0.25, 0.3) is 5.91 Å². The number of carbonyl (C=O) groups is 2. The number of ether oxygens (including phenoxy) is 1. The minimum atomic E-state index is -0.491. The molecule has 2 rings (SSSR count). The number of esters is 1. The van der Waals surface area contributed by atoms with Crippen molar-refractivity contribution in [2.75, 3.05) is 6.61 Å². The van der Waals surface area contributed by atoms with E-state index in [1.165, 1.54) is 0 Å². The van der Waals surface area contributed by atoms with Crippen LogP contribution < -0.4 is 5.32 Å². The van der Waals surface area contributed by atoms with Crippen molar-refractivity contribution in [1.82, 2.24) is 10.3 Å². The Morgan fingerprint density at radius 2 is 1.92 bits per heavy atom. The number of rotatable bonds is 8. The zero-order valence-electron chi connectivity index (χ0n) is 14.6. The summed E-state index contributed by atoms with van der Waals surface area (Å²) in [5.41, 5.74) is 1.32. The van der Waals surface area contributed by atoms with E-state index in [-0.39, 0.29) is 18.6 Å². The van der Waals surface area contributed by atoms with Crippen LogP contribution >= 0.6 is 0 Å². The minimum Gasteiger partial charge on any atom is -0.452 e. The van der Waals surface area contributed by atoms with Gasteiger partial charge < -0.3 is 15.0 Å². The molecule has 1 amide bonds. The predicted molar refractivity (Wildman–Crippen MR) is 94.9 cm³/mol. The van der Waals surface area contributed by atoms with Gasteiger partial charge in [-0.15, -0.1) is 0 Å². The van der Waals surface area contributed by atoms with Gasteiger partial charge in [0, 0.05) is 23.1 Å². The number of fused-ring (bicyclic) bond motifs is 1. The summed E-state index contributed by atoms with van der Waals surface area (Å²) in [7, 11) is 0. The number of aromatic nitrogens is 1. The Morgan fingerprint density at radius 1 is 1.17 bits per heavy atom. The largest absolute Gasteiger partial charge is 0.452 e. The second-order valence-electron chi connectivity index (χ2n) is 6.62. The highest BCUT2D eigenvalue weighted by Crippen LogP contribution is 2.18. The quantitative estimate of drug-likeness (QED) is 0.726. The second kappa shape index (κ2) is 8.52. The first kappa shape index (κ1) is 18.0. The van der Waals surface area contributed by atoms with Crippen LogP contribution in [0.1, 0.15) is 50.4 Å². The van der Waals surface area contributed by atoms with Crippen molar-refractivity contribution < 1.29 is 14.3 Å². The second-order valence-corrected chi connectivity index (χ2v) is 6.62. The Hall–Kier alpha value is -2.30. The van der Waals surface area contributed by atoms with Crippen molar-refractivity contribution >= 4 is 22.8 Å². The third kappa shape index (κ3) is 5.11. The van der Waals surface area contributed by atoms with Gasteiger partial charge in [-0.3, -0.25) is 4.79 Å². The monoisotopic (exact) mass is 330 g/mol. The summed E-state index contributed by atoms with van der Waals surface area (Å²) in [6.07, 6.45) is 4.77. The van der Waals surface area contributed by atoms with E-state index in [4.69, 9.17) is 4.74 Å². The fourth-order valence-corrected chi connectivity index (χ4v) is 2.67. The molecule has 0 spiro atoms. The lowest BCUT2D eigenvalue weighted by molar-refractivity contribution is -0.124. The Bertz CT molecular complexity index is 691. The molecule has 1 aromatic carbocycles. The summed E-state index contributed by atoms with van der Waals surface area (Å²) < 4.78 is 5.13. The molecule has 0 fully saturated rings. The first-order valence-electron chi connectivity index (χ1n) is 8.50. The van der Waals surface area contributed by atoms with Crippen LogP contribution in [0, 0.1) is 5.92 Å². The molecule has 0 saturated heterocycles. The first-order valence-corrected chi connectivity index (χ1v) is 8.50. The van der Waals surface area contributed by atoms with Crippen molar-refractivity contribution in [3.8, 4) is 0 Å². The summed E-state index contributed by atoms with van der Waals surface area (Å²) in [5, 5.41) is 3.66. The molecule has 0 saturated carbocycles. The molecule has 24 heavy (non-hydrogen) atoms. The fourth-order valence-electron chi connectivity index (χ4n) is 2.67. The Balaban J connectivity index is 1.78. The zero-order valence-corrected chi connectivity index (χ0v) is 14.6. The molecule has 1 heterocycles. The van der Waals surface area contributed by atoms with Gasteiger partial charge in [0.2, 0.25) is 0 Å². The van der Waals surface area contributed by atoms with Gasteiger partial charge in [0.05, 0.1) is 5.56 Å². The van der Waals surface area contributed by atoms with Gasteiger partial charge in [0.15, 0.2) is 6.61 Å². The lowest BCUT2D eigenvalue weighted by Crippen LogP contribution is -2.35. The van der Waals surface area contributed by atoms with Gasteiger partial charge in [0.1, 0.15) is 0 Å². The number of hydrogen-bond donors (Lipinski definition) is 2. The molecule has 0 aliphatic rings. The summed E-state index contributed by atoms with van der Waals surface area (Å²) in [5.74, 6) is -0.0830. The minimum absolute atomic E-state index is 0.0861. The smallest absolute Gasteiger partial charge is 0.340 e. The van der Waals surface area contributed by atoms with E-state index in [0.29, 0.717) is 11.5 Å². The van der Waals surface area contributed by atoms with Gasteiger partial charge in [-0.2, -0.15) is 0 Å². The molecular formula is C19H26N2O3. The van der Waals surface area contributed by atoms with E-state index in [0.717, 1.165) is 30.2 Å². The number of para-hydroxylation sites is 1. The third-order valence-electron chi connectivity index (χ3n) is 3.97. The van der Waals surface area contributed by atoms with E-state index in [1.807, 2.05) is 31.2 Å². The number of hydrogen-bond acceptors (Lipinski definition) is 3. The number of carbonyl (C=O) groups excluding carboxylic acids is 2. The number of benzene rings is 1. The lowest BCUT2D eigenvalue weighted by Gasteiger charge is -2.14. The van der Waals surface area contributed by atoms with E-state index < -0.39 is 5.97 Å². The molecule has 5 nitrogen and oxygen atoms in total. The molecule has 0 bridgehead atoms. The maximum Gasteiger partial charge on any atom is 0.340 e. The van der Waals surface area contributed by atoms with Gasteiger partial charge >= 0.3 is 5.97 Å². The first-order chi connectivity index (χ1) is 11.5. The molecular weight excluding hydrogens is 304 g/mol. The topological polar surface area (TPSA) is 71.2 Å². The normalized spacial score (nSPS) is 12.3. The molecule has 0 aliphatic heterocycles. The third-order valence-corrected chi connectivity index (χ3v) is 3.97. The highest BCUT2D eigenvalue weighted by Gasteiger charge is 2.15. The Kier molecular flexibility index (Phi) is 6.41. The van der Waals surface area contributed by atoms with Crippen LogP contribution in [-0.4, -0.2) is 29.5 Å². The van der Waals surface area contributed by atoms with Crippen molar-refractivity contribution in [3.63, 3.8) is 0 Å². The van der Waals surface area contributed by atoms with Crippen molar-refractivity contribution in [1.29, 1.82) is 0 Å². The maximum atomic E-state index is 12.1. The molecule has 5 heteroatoms. The van der Waals surface area contributed by atoms with E-state index in [2.05, 4.69) is 24.1 Å². The molecule has 1 atom stereocenters. The zero-order chi connectivity index (χ0) is 17.5. The molecule has 2 N–H and O–H groups in total. The van der Waals surface area contributed by atoms with E-state index in [9.17, 15) is 9.59 Å². The van der Waals surface area contributed by atoms with Crippen LogP contribution in [0.5, 0.6) is 0 Å². The van der Waals surface area contributed by atoms with Crippen molar-refractivity contribution in [2.45, 2.75) is 46.1 Å². The molecule has 2 aromatic rings. The van der Waals surface area contributed by atoms with Crippen LogP contribution in [0.25, 0.3) is 10.9 Å². The van der Waals surface area contributed by atoms with E-state index in [1.54, 1.807) is 6.20 Å².